The highest BCUT2D eigenvalue weighted by atomic mass is 19.1. The van der Waals surface area contributed by atoms with Gasteiger partial charge in [-0.3, -0.25) is 0 Å². The third-order valence-corrected chi connectivity index (χ3v) is 4.45. The van der Waals surface area contributed by atoms with Gasteiger partial charge >= 0.3 is 0 Å². The summed E-state index contributed by atoms with van der Waals surface area (Å²) in [6.07, 6.45) is 0.700. The third kappa shape index (κ3) is 4.21. The lowest BCUT2D eigenvalue weighted by Gasteiger charge is -2.17. The van der Waals surface area contributed by atoms with Gasteiger partial charge in [0.15, 0.2) is 17.4 Å². The molecule has 1 unspecified atom stereocenters. The number of hydrogen-bond acceptors (Lipinski definition) is 5. The van der Waals surface area contributed by atoms with Crippen molar-refractivity contribution in [3.05, 3.63) is 77.7 Å². The van der Waals surface area contributed by atoms with Crippen LogP contribution >= 0.6 is 0 Å². The molecule has 1 aliphatic rings. The third-order valence-electron chi connectivity index (χ3n) is 4.45. The highest BCUT2D eigenvalue weighted by Crippen LogP contribution is 2.23. The van der Waals surface area contributed by atoms with Crippen LogP contribution in [0.1, 0.15) is 17.7 Å². The van der Waals surface area contributed by atoms with Crippen LogP contribution in [0.15, 0.2) is 60.7 Å². The fourth-order valence-electron chi connectivity index (χ4n) is 2.99. The maximum atomic E-state index is 13.7. The number of para-hydroxylation sites is 1. The number of benzene rings is 2. The van der Waals surface area contributed by atoms with Gasteiger partial charge < -0.3 is 14.7 Å². The van der Waals surface area contributed by atoms with Crippen LogP contribution in [0.4, 0.5) is 10.2 Å². The number of nitrogens with zero attached hydrogens (tertiary/aromatic N) is 3. The summed E-state index contributed by atoms with van der Waals surface area (Å²) in [6, 6.07) is 16.8. The molecule has 0 bridgehead atoms. The molecule has 1 aliphatic heterocycles. The van der Waals surface area contributed by atoms with Gasteiger partial charge in [-0.2, -0.15) is 0 Å². The van der Waals surface area contributed by atoms with Crippen LogP contribution in [-0.4, -0.2) is 34.5 Å². The van der Waals surface area contributed by atoms with E-state index in [1.807, 2.05) is 12.1 Å². The largest absolute Gasteiger partial charge is 0.508 e. The molecule has 28 heavy (non-hydrogen) atoms. The zero-order valence-electron chi connectivity index (χ0n) is 15.0. The van der Waals surface area contributed by atoms with Gasteiger partial charge in [-0.05, 0) is 54.5 Å². The zero-order chi connectivity index (χ0) is 19.3. The normalized spacial score (nSPS) is 15.8. The summed E-state index contributed by atoms with van der Waals surface area (Å²) in [5.74, 6) is 6.82. The van der Waals surface area contributed by atoms with Crippen molar-refractivity contribution in [2.75, 3.05) is 18.0 Å². The molecule has 1 saturated heterocycles. The standard InChI is InChI=1S/C22H18FN3O2/c23-20-3-1-2-4-21(20)28-19-13-14-26(15-19)22-12-9-17(24-25-22)8-5-16-6-10-18(27)11-7-16/h1-4,6-7,9-12,19,27H,13-15H2. The van der Waals surface area contributed by atoms with Crippen molar-refractivity contribution in [3.63, 3.8) is 0 Å². The first-order valence-electron chi connectivity index (χ1n) is 8.98. The van der Waals surface area contributed by atoms with Crippen LogP contribution in [-0.2, 0) is 0 Å². The Labute approximate surface area is 162 Å². The Morgan fingerprint density at radius 3 is 2.57 bits per heavy atom. The summed E-state index contributed by atoms with van der Waals surface area (Å²) in [5.41, 5.74) is 1.35. The molecule has 1 N–H and O–H groups in total. The summed E-state index contributed by atoms with van der Waals surface area (Å²) in [4.78, 5) is 2.07. The number of ether oxygens (including phenoxy) is 1. The highest BCUT2D eigenvalue weighted by molar-refractivity contribution is 5.45. The van der Waals surface area contributed by atoms with Gasteiger partial charge in [0.25, 0.3) is 0 Å². The van der Waals surface area contributed by atoms with E-state index in [1.165, 1.54) is 6.07 Å². The molecule has 1 aromatic heterocycles. The van der Waals surface area contributed by atoms with Crippen molar-refractivity contribution in [1.29, 1.82) is 0 Å². The summed E-state index contributed by atoms with van der Waals surface area (Å²) in [7, 11) is 0. The summed E-state index contributed by atoms with van der Waals surface area (Å²) >= 11 is 0. The van der Waals surface area contributed by atoms with Crippen LogP contribution in [0.5, 0.6) is 11.5 Å². The van der Waals surface area contributed by atoms with E-state index in [1.54, 1.807) is 42.5 Å². The second kappa shape index (κ2) is 7.97. The molecule has 1 atom stereocenters. The molecular weight excluding hydrogens is 357 g/mol. The van der Waals surface area contributed by atoms with E-state index in [0.29, 0.717) is 12.2 Å². The first kappa shape index (κ1) is 17.8. The van der Waals surface area contributed by atoms with Gasteiger partial charge in [-0.15, -0.1) is 10.2 Å². The average Bonchev–Trinajstić information content (AvgIpc) is 3.18. The number of rotatable bonds is 3. The van der Waals surface area contributed by atoms with Crippen LogP contribution < -0.4 is 9.64 Å². The monoisotopic (exact) mass is 375 g/mol. The van der Waals surface area contributed by atoms with Crippen molar-refractivity contribution < 1.29 is 14.2 Å². The molecule has 6 heteroatoms. The van der Waals surface area contributed by atoms with Crippen molar-refractivity contribution in [2.24, 2.45) is 0 Å². The molecule has 0 saturated carbocycles. The summed E-state index contributed by atoms with van der Waals surface area (Å²) < 4.78 is 19.5. The Balaban J connectivity index is 1.38. The van der Waals surface area contributed by atoms with Crippen molar-refractivity contribution in [1.82, 2.24) is 10.2 Å². The Hall–Kier alpha value is -3.59. The predicted octanol–water partition coefficient (Wildman–Crippen LogP) is 3.38. The van der Waals surface area contributed by atoms with Crippen molar-refractivity contribution >= 4 is 5.82 Å². The zero-order valence-corrected chi connectivity index (χ0v) is 15.0. The summed E-state index contributed by atoms with van der Waals surface area (Å²) in [6.45, 7) is 1.40. The molecule has 4 rings (SSSR count). The lowest BCUT2D eigenvalue weighted by Crippen LogP contribution is -2.25. The second-order valence-corrected chi connectivity index (χ2v) is 6.48. The average molecular weight is 375 g/mol. The number of aromatic hydroxyl groups is 1. The minimum Gasteiger partial charge on any atom is -0.508 e. The quantitative estimate of drug-likeness (QED) is 0.712. The van der Waals surface area contributed by atoms with Crippen molar-refractivity contribution in [3.8, 4) is 23.3 Å². The SMILES string of the molecule is Oc1ccc(C#Cc2ccc(N3CCC(Oc4ccccc4F)C3)nn2)cc1. The number of phenolic OH excluding ortho intramolecular Hbond substituents is 1. The smallest absolute Gasteiger partial charge is 0.165 e. The minimum absolute atomic E-state index is 0.0901. The van der Waals surface area contributed by atoms with Gasteiger partial charge in [-0.25, -0.2) is 4.39 Å². The molecule has 140 valence electrons. The van der Waals surface area contributed by atoms with E-state index < -0.39 is 0 Å². The molecule has 1 fully saturated rings. The van der Waals surface area contributed by atoms with E-state index >= 15 is 0 Å². The molecule has 0 amide bonds. The lowest BCUT2D eigenvalue weighted by molar-refractivity contribution is 0.215. The van der Waals surface area contributed by atoms with Crippen molar-refractivity contribution in [2.45, 2.75) is 12.5 Å². The maximum absolute atomic E-state index is 13.7. The van der Waals surface area contributed by atoms with Gasteiger partial charge in [0.1, 0.15) is 17.5 Å². The fourth-order valence-corrected chi connectivity index (χ4v) is 2.99. The Kier molecular flexibility index (Phi) is 5.07. The maximum Gasteiger partial charge on any atom is 0.165 e. The van der Waals surface area contributed by atoms with E-state index in [0.717, 1.165) is 24.3 Å². The minimum atomic E-state index is -0.350. The number of phenols is 1. The fraction of sp³-hybridized carbons (Fsp3) is 0.182. The number of hydrogen-bond donors (Lipinski definition) is 1. The molecule has 5 nitrogen and oxygen atoms in total. The summed E-state index contributed by atoms with van der Waals surface area (Å²) in [5, 5.41) is 17.7. The van der Waals surface area contributed by atoms with Gasteiger partial charge in [-0.1, -0.05) is 18.1 Å². The number of aromatic nitrogens is 2. The molecule has 2 aromatic carbocycles. The van der Waals surface area contributed by atoms with Gasteiger partial charge in [0.2, 0.25) is 0 Å². The second-order valence-electron chi connectivity index (χ2n) is 6.48. The first-order valence-corrected chi connectivity index (χ1v) is 8.98. The van der Waals surface area contributed by atoms with Crippen LogP contribution in [0, 0.1) is 17.7 Å². The van der Waals surface area contributed by atoms with E-state index in [-0.39, 0.29) is 23.4 Å². The van der Waals surface area contributed by atoms with Crippen LogP contribution in [0.2, 0.25) is 0 Å². The van der Waals surface area contributed by atoms with E-state index in [4.69, 9.17) is 4.74 Å². The molecule has 0 aliphatic carbocycles. The van der Waals surface area contributed by atoms with E-state index in [2.05, 4.69) is 26.9 Å². The molecule has 3 aromatic rings. The predicted molar refractivity (Wildman–Crippen MR) is 104 cm³/mol. The number of halogens is 1. The van der Waals surface area contributed by atoms with Crippen LogP contribution in [0.3, 0.4) is 0 Å². The van der Waals surface area contributed by atoms with Gasteiger partial charge in [0, 0.05) is 18.5 Å². The topological polar surface area (TPSA) is 58.5 Å². The molecule has 0 spiro atoms. The first-order chi connectivity index (χ1) is 13.7. The number of anilines is 1. The lowest BCUT2D eigenvalue weighted by atomic mass is 10.2. The van der Waals surface area contributed by atoms with Crippen LogP contribution in [0.25, 0.3) is 0 Å². The molecule has 2 heterocycles. The Morgan fingerprint density at radius 1 is 1.00 bits per heavy atom. The molecule has 0 radical (unpaired) electrons. The Morgan fingerprint density at radius 2 is 1.82 bits per heavy atom. The molecular formula is C22H18FN3O2. The Bertz CT molecular complexity index is 1010. The van der Waals surface area contributed by atoms with Gasteiger partial charge in [0.05, 0.1) is 6.54 Å². The highest BCUT2D eigenvalue weighted by Gasteiger charge is 2.25. The van der Waals surface area contributed by atoms with E-state index in [9.17, 15) is 9.50 Å².